The van der Waals surface area contributed by atoms with E-state index in [0.717, 1.165) is 18.2 Å². The third kappa shape index (κ3) is 2.82. The van der Waals surface area contributed by atoms with Crippen LogP contribution in [0.25, 0.3) is 0 Å². The third-order valence-corrected chi connectivity index (χ3v) is 3.43. The van der Waals surface area contributed by atoms with Crippen LogP contribution in [0.3, 0.4) is 0 Å². The summed E-state index contributed by atoms with van der Waals surface area (Å²) in [5.41, 5.74) is 1.34. The quantitative estimate of drug-likeness (QED) is 0.455. The highest BCUT2D eigenvalue weighted by Gasteiger charge is 2.20. The average Bonchev–Trinajstić information content (AvgIpc) is 2.88. The van der Waals surface area contributed by atoms with Crippen LogP contribution >= 0.6 is 0 Å². The number of phenols is 1. The van der Waals surface area contributed by atoms with Gasteiger partial charge in [0, 0.05) is 23.4 Å². The van der Waals surface area contributed by atoms with Crippen LogP contribution in [0.1, 0.15) is 15.9 Å². The summed E-state index contributed by atoms with van der Waals surface area (Å²) in [4.78, 5) is 33.7. The zero-order valence-electron chi connectivity index (χ0n) is 11.7. The van der Waals surface area contributed by atoms with Gasteiger partial charge in [-0.3, -0.25) is 19.7 Å². The minimum absolute atomic E-state index is 0.0566. The van der Waals surface area contributed by atoms with Crippen molar-refractivity contribution in [3.63, 3.8) is 0 Å². The van der Waals surface area contributed by atoms with Crippen LogP contribution in [0.15, 0.2) is 36.4 Å². The highest BCUT2D eigenvalue weighted by Crippen LogP contribution is 2.29. The zero-order chi connectivity index (χ0) is 16.6. The number of nitrogens with one attached hydrogen (secondary N) is 2. The molecule has 0 fully saturated rings. The number of nitro groups is 1. The number of anilines is 2. The number of nitrogens with zero attached hydrogens (tertiary/aromatic N) is 1. The molecule has 23 heavy (non-hydrogen) atoms. The molecule has 2 amide bonds. The fraction of sp³-hybridized carbons (Fsp3) is 0.0667. The highest BCUT2D eigenvalue weighted by atomic mass is 16.6. The molecule has 0 spiro atoms. The minimum Gasteiger partial charge on any atom is -0.506 e. The van der Waals surface area contributed by atoms with Crippen LogP contribution in [0.2, 0.25) is 0 Å². The molecular weight excluding hydrogens is 302 g/mol. The molecule has 0 radical (unpaired) electrons. The Balaban J connectivity index is 1.85. The van der Waals surface area contributed by atoms with E-state index in [1.54, 1.807) is 12.1 Å². The average molecular weight is 313 g/mol. The van der Waals surface area contributed by atoms with E-state index in [2.05, 4.69) is 10.6 Å². The summed E-state index contributed by atoms with van der Waals surface area (Å²) < 4.78 is 0. The van der Waals surface area contributed by atoms with Crippen LogP contribution in [0.4, 0.5) is 17.1 Å². The third-order valence-electron chi connectivity index (χ3n) is 3.43. The van der Waals surface area contributed by atoms with Crippen molar-refractivity contribution in [3.8, 4) is 5.75 Å². The number of non-ortho nitro benzene ring substituents is 1. The number of hydrogen-bond acceptors (Lipinski definition) is 5. The SMILES string of the molecule is O=C1Cc2cc(C(=O)Nc3cc([N+](=O)[O-])ccc3O)ccc2N1. The molecule has 116 valence electrons. The van der Waals surface area contributed by atoms with Crippen LogP contribution < -0.4 is 10.6 Å². The van der Waals surface area contributed by atoms with Gasteiger partial charge in [-0.1, -0.05) is 0 Å². The number of carbonyl (C=O) groups excluding carboxylic acids is 2. The van der Waals surface area contributed by atoms with Crippen molar-refractivity contribution in [3.05, 3.63) is 57.6 Å². The predicted octanol–water partition coefficient (Wildman–Crippen LogP) is 2.05. The smallest absolute Gasteiger partial charge is 0.271 e. The Morgan fingerprint density at radius 1 is 1.26 bits per heavy atom. The lowest BCUT2D eigenvalue weighted by atomic mass is 10.1. The van der Waals surface area contributed by atoms with Gasteiger partial charge in [0.15, 0.2) is 0 Å². The first kappa shape index (κ1) is 14.5. The molecule has 0 aliphatic carbocycles. The molecule has 0 saturated carbocycles. The van der Waals surface area contributed by atoms with Crippen molar-refractivity contribution in [2.75, 3.05) is 10.6 Å². The molecule has 3 N–H and O–H groups in total. The molecule has 8 heteroatoms. The number of rotatable bonds is 3. The van der Waals surface area contributed by atoms with Crippen LogP contribution in [-0.4, -0.2) is 21.8 Å². The number of benzene rings is 2. The number of fused-ring (bicyclic) bond motifs is 1. The Morgan fingerprint density at radius 3 is 2.78 bits per heavy atom. The standard InChI is InChI=1S/C15H11N3O5/c19-13-4-2-10(18(22)23)7-12(13)17-15(21)8-1-3-11-9(5-8)6-14(20)16-11/h1-5,7,19H,6H2,(H,16,20)(H,17,21). The minimum atomic E-state index is -0.623. The molecule has 0 unspecified atom stereocenters. The molecule has 2 aromatic carbocycles. The van der Waals surface area contributed by atoms with Crippen molar-refractivity contribution in [1.29, 1.82) is 0 Å². The lowest BCUT2D eigenvalue weighted by molar-refractivity contribution is -0.384. The second-order valence-electron chi connectivity index (χ2n) is 5.01. The molecule has 2 aromatic rings. The van der Waals surface area contributed by atoms with Crippen LogP contribution in [0, 0.1) is 10.1 Å². The van der Waals surface area contributed by atoms with Crippen molar-refractivity contribution in [1.82, 2.24) is 0 Å². The van der Waals surface area contributed by atoms with E-state index in [-0.39, 0.29) is 35.0 Å². The largest absolute Gasteiger partial charge is 0.506 e. The number of amides is 2. The number of hydrogen-bond donors (Lipinski definition) is 3. The van der Waals surface area contributed by atoms with Gasteiger partial charge in [0.05, 0.1) is 17.0 Å². The van der Waals surface area contributed by atoms with E-state index >= 15 is 0 Å². The Morgan fingerprint density at radius 2 is 2.04 bits per heavy atom. The monoisotopic (exact) mass is 313 g/mol. The van der Waals surface area contributed by atoms with Gasteiger partial charge in [-0.15, -0.1) is 0 Å². The Bertz CT molecular complexity index is 847. The summed E-state index contributed by atoms with van der Waals surface area (Å²) in [6.07, 6.45) is 0.193. The summed E-state index contributed by atoms with van der Waals surface area (Å²) in [6.45, 7) is 0. The molecule has 1 aliphatic heterocycles. The van der Waals surface area contributed by atoms with Crippen LogP contribution in [0.5, 0.6) is 5.75 Å². The molecule has 1 heterocycles. The maximum atomic E-state index is 12.2. The van der Waals surface area contributed by atoms with Gasteiger partial charge in [-0.05, 0) is 29.8 Å². The second-order valence-corrected chi connectivity index (χ2v) is 5.01. The van der Waals surface area contributed by atoms with Crippen molar-refractivity contribution in [2.24, 2.45) is 0 Å². The zero-order valence-corrected chi connectivity index (χ0v) is 11.7. The summed E-state index contributed by atoms with van der Waals surface area (Å²) in [5.74, 6) is -0.959. The lowest BCUT2D eigenvalue weighted by Gasteiger charge is -2.08. The Labute approximate surface area is 129 Å². The molecule has 0 bridgehead atoms. The van der Waals surface area contributed by atoms with E-state index in [9.17, 15) is 24.8 Å². The van der Waals surface area contributed by atoms with Gasteiger partial charge in [0.2, 0.25) is 5.91 Å². The number of aromatic hydroxyl groups is 1. The first-order chi connectivity index (χ1) is 10.9. The molecular formula is C15H11N3O5. The van der Waals surface area contributed by atoms with Crippen molar-refractivity contribution < 1.29 is 19.6 Å². The summed E-state index contributed by atoms with van der Waals surface area (Å²) in [6, 6.07) is 8.05. The highest BCUT2D eigenvalue weighted by molar-refractivity contribution is 6.07. The number of nitro benzene ring substituents is 1. The second kappa shape index (κ2) is 5.41. The molecule has 3 rings (SSSR count). The Hall–Kier alpha value is -3.42. The number of carbonyl (C=O) groups is 2. The van der Waals surface area contributed by atoms with Gasteiger partial charge in [-0.2, -0.15) is 0 Å². The molecule has 1 aliphatic rings. The number of phenolic OH excluding ortho intramolecular Hbond substituents is 1. The summed E-state index contributed by atoms with van der Waals surface area (Å²) in [7, 11) is 0. The van der Waals surface area contributed by atoms with Gasteiger partial charge in [0.1, 0.15) is 5.75 Å². The summed E-state index contributed by atoms with van der Waals surface area (Å²) >= 11 is 0. The maximum Gasteiger partial charge on any atom is 0.271 e. The first-order valence-electron chi connectivity index (χ1n) is 6.65. The van der Waals surface area contributed by atoms with Crippen molar-refractivity contribution in [2.45, 2.75) is 6.42 Å². The molecule has 0 aromatic heterocycles. The van der Waals surface area contributed by atoms with Gasteiger partial charge >= 0.3 is 0 Å². The van der Waals surface area contributed by atoms with E-state index in [1.165, 1.54) is 6.07 Å². The van der Waals surface area contributed by atoms with Gasteiger partial charge in [-0.25, -0.2) is 0 Å². The van der Waals surface area contributed by atoms with Crippen molar-refractivity contribution >= 4 is 28.9 Å². The van der Waals surface area contributed by atoms with E-state index < -0.39 is 10.8 Å². The molecule has 0 atom stereocenters. The topological polar surface area (TPSA) is 122 Å². The first-order valence-corrected chi connectivity index (χ1v) is 6.65. The van der Waals surface area contributed by atoms with E-state index in [0.29, 0.717) is 11.3 Å². The maximum absolute atomic E-state index is 12.2. The fourth-order valence-electron chi connectivity index (χ4n) is 2.30. The van der Waals surface area contributed by atoms with E-state index in [1.807, 2.05) is 0 Å². The van der Waals surface area contributed by atoms with E-state index in [4.69, 9.17) is 0 Å². The van der Waals surface area contributed by atoms with Crippen LogP contribution in [-0.2, 0) is 11.2 Å². The molecule has 0 saturated heterocycles. The lowest BCUT2D eigenvalue weighted by Crippen LogP contribution is -2.12. The predicted molar refractivity (Wildman–Crippen MR) is 81.5 cm³/mol. The fourth-order valence-corrected chi connectivity index (χ4v) is 2.30. The van der Waals surface area contributed by atoms with Gasteiger partial charge in [0.25, 0.3) is 11.6 Å². The Kier molecular flexibility index (Phi) is 3.41. The van der Waals surface area contributed by atoms with Gasteiger partial charge < -0.3 is 15.7 Å². The summed E-state index contributed by atoms with van der Waals surface area (Å²) in [5, 5.41) is 25.5. The molecule has 8 nitrogen and oxygen atoms in total. The normalized spacial score (nSPS) is 12.4.